The van der Waals surface area contributed by atoms with Gasteiger partial charge in [0.2, 0.25) is 6.79 Å². The Morgan fingerprint density at radius 3 is 2.82 bits per heavy atom. The van der Waals surface area contributed by atoms with E-state index in [0.717, 1.165) is 29.6 Å². The third kappa shape index (κ3) is 3.85. The van der Waals surface area contributed by atoms with Crippen LogP contribution < -0.4 is 20.1 Å². The van der Waals surface area contributed by atoms with Crippen molar-refractivity contribution in [3.63, 3.8) is 0 Å². The van der Waals surface area contributed by atoms with Gasteiger partial charge in [-0.05, 0) is 24.6 Å². The Morgan fingerprint density at radius 2 is 2.09 bits per heavy atom. The molecule has 0 fully saturated rings. The monoisotopic (exact) mass is 301 g/mol. The molecule has 1 aromatic carbocycles. The summed E-state index contributed by atoms with van der Waals surface area (Å²) < 4.78 is 10.8. The fourth-order valence-corrected chi connectivity index (χ4v) is 2.16. The Labute approximate surface area is 132 Å². The van der Waals surface area contributed by atoms with E-state index in [9.17, 15) is 0 Å². The quantitative estimate of drug-likeness (QED) is 0.495. The summed E-state index contributed by atoms with van der Waals surface area (Å²) in [5.74, 6) is 4.88. The van der Waals surface area contributed by atoms with Crippen molar-refractivity contribution in [2.75, 3.05) is 26.4 Å². The van der Waals surface area contributed by atoms with Gasteiger partial charge in [0.05, 0.1) is 13.1 Å². The molecule has 0 saturated carbocycles. The minimum absolute atomic E-state index is 0.126. The fourth-order valence-electron chi connectivity index (χ4n) is 2.16. The van der Waals surface area contributed by atoms with E-state index in [4.69, 9.17) is 15.9 Å². The average molecular weight is 301 g/mol. The van der Waals surface area contributed by atoms with Crippen LogP contribution in [0.5, 0.6) is 11.5 Å². The van der Waals surface area contributed by atoms with Crippen molar-refractivity contribution < 1.29 is 9.47 Å². The summed E-state index contributed by atoms with van der Waals surface area (Å²) in [5.41, 5.74) is 1.03. The SMILES string of the molecule is C#CCNC(=NCC(C)(C)c1ccc2c(c1)OCO2)NCC. The molecule has 22 heavy (non-hydrogen) atoms. The number of fused-ring (bicyclic) bond motifs is 1. The first kappa shape index (κ1) is 16.0. The van der Waals surface area contributed by atoms with Crippen molar-refractivity contribution in [1.82, 2.24) is 10.6 Å². The molecule has 0 amide bonds. The van der Waals surface area contributed by atoms with Gasteiger partial charge in [0, 0.05) is 12.0 Å². The Balaban J connectivity index is 2.10. The Kier molecular flexibility index (Phi) is 5.16. The van der Waals surface area contributed by atoms with Gasteiger partial charge in [0.1, 0.15) is 0 Å². The van der Waals surface area contributed by atoms with Crippen LogP contribution in [0.3, 0.4) is 0 Å². The van der Waals surface area contributed by atoms with Gasteiger partial charge in [-0.15, -0.1) is 6.42 Å². The zero-order chi connectivity index (χ0) is 16.0. The van der Waals surface area contributed by atoms with Crippen LogP contribution in [0, 0.1) is 12.3 Å². The molecule has 0 spiro atoms. The summed E-state index contributed by atoms with van der Waals surface area (Å²) in [6.07, 6.45) is 5.28. The predicted octanol–water partition coefficient (Wildman–Crippen LogP) is 1.88. The van der Waals surface area contributed by atoms with E-state index in [1.807, 2.05) is 19.1 Å². The van der Waals surface area contributed by atoms with Crippen LogP contribution in [0.4, 0.5) is 0 Å². The second-order valence-electron chi connectivity index (χ2n) is 5.70. The summed E-state index contributed by atoms with van der Waals surface area (Å²) >= 11 is 0. The van der Waals surface area contributed by atoms with Crippen LogP contribution in [-0.4, -0.2) is 32.4 Å². The van der Waals surface area contributed by atoms with Crippen molar-refractivity contribution in [2.45, 2.75) is 26.2 Å². The zero-order valence-corrected chi connectivity index (χ0v) is 13.4. The standard InChI is InChI=1S/C17H23N3O2/c1-5-9-19-16(18-6-2)20-11-17(3,4)13-7-8-14-15(10-13)22-12-21-14/h1,7-8,10H,6,9,11-12H2,2-4H3,(H2,18,19,20). The maximum absolute atomic E-state index is 5.45. The highest BCUT2D eigenvalue weighted by Crippen LogP contribution is 2.36. The Morgan fingerprint density at radius 1 is 1.32 bits per heavy atom. The second-order valence-corrected chi connectivity index (χ2v) is 5.70. The normalized spacial score (nSPS) is 13.6. The lowest BCUT2D eigenvalue weighted by Gasteiger charge is -2.24. The van der Waals surface area contributed by atoms with Gasteiger partial charge in [-0.2, -0.15) is 0 Å². The smallest absolute Gasteiger partial charge is 0.231 e. The van der Waals surface area contributed by atoms with Gasteiger partial charge in [-0.25, -0.2) is 0 Å². The van der Waals surface area contributed by atoms with Crippen LogP contribution in [0.1, 0.15) is 26.3 Å². The van der Waals surface area contributed by atoms with Crippen LogP contribution in [0.25, 0.3) is 0 Å². The van der Waals surface area contributed by atoms with Crippen LogP contribution in [0.2, 0.25) is 0 Å². The zero-order valence-electron chi connectivity index (χ0n) is 13.4. The summed E-state index contributed by atoms with van der Waals surface area (Å²) in [4.78, 5) is 4.62. The average Bonchev–Trinajstić information content (AvgIpc) is 2.97. The molecule has 1 aliphatic heterocycles. The molecule has 1 aliphatic rings. The number of terminal acetylenes is 1. The molecular formula is C17H23N3O2. The molecule has 5 heteroatoms. The lowest BCUT2D eigenvalue weighted by atomic mass is 9.84. The van der Waals surface area contributed by atoms with Gasteiger partial charge in [0.15, 0.2) is 17.5 Å². The van der Waals surface area contributed by atoms with Gasteiger partial charge < -0.3 is 20.1 Å². The van der Waals surface area contributed by atoms with E-state index < -0.39 is 0 Å². The minimum Gasteiger partial charge on any atom is -0.454 e. The third-order valence-corrected chi connectivity index (χ3v) is 3.49. The molecule has 118 valence electrons. The van der Waals surface area contributed by atoms with E-state index >= 15 is 0 Å². The van der Waals surface area contributed by atoms with Crippen molar-refractivity contribution in [1.29, 1.82) is 0 Å². The van der Waals surface area contributed by atoms with Crippen molar-refractivity contribution in [2.24, 2.45) is 4.99 Å². The highest BCUT2D eigenvalue weighted by atomic mass is 16.7. The molecular weight excluding hydrogens is 278 g/mol. The summed E-state index contributed by atoms with van der Waals surface area (Å²) in [6, 6.07) is 6.04. The molecule has 0 saturated heterocycles. The number of guanidine groups is 1. The molecule has 1 heterocycles. The summed E-state index contributed by atoms with van der Waals surface area (Å²) in [5, 5.41) is 6.28. The minimum atomic E-state index is -0.126. The largest absolute Gasteiger partial charge is 0.454 e. The lowest BCUT2D eigenvalue weighted by molar-refractivity contribution is 0.174. The number of hydrogen-bond acceptors (Lipinski definition) is 3. The molecule has 0 aromatic heterocycles. The first-order valence-electron chi connectivity index (χ1n) is 7.42. The van der Waals surface area contributed by atoms with Gasteiger partial charge in [-0.1, -0.05) is 25.8 Å². The number of rotatable bonds is 5. The summed E-state index contributed by atoms with van der Waals surface area (Å²) in [7, 11) is 0. The molecule has 0 unspecified atom stereocenters. The number of ether oxygens (including phenoxy) is 2. The molecule has 0 radical (unpaired) electrons. The van der Waals surface area contributed by atoms with Crippen molar-refractivity contribution >= 4 is 5.96 Å². The number of nitrogens with zero attached hydrogens (tertiary/aromatic N) is 1. The first-order valence-corrected chi connectivity index (χ1v) is 7.42. The van der Waals surface area contributed by atoms with E-state index in [2.05, 4.69) is 41.5 Å². The first-order chi connectivity index (χ1) is 10.6. The number of nitrogens with one attached hydrogen (secondary N) is 2. The van der Waals surface area contributed by atoms with Crippen molar-refractivity contribution in [3.8, 4) is 23.8 Å². The fraction of sp³-hybridized carbons (Fsp3) is 0.471. The van der Waals surface area contributed by atoms with Crippen LogP contribution in [0.15, 0.2) is 23.2 Å². The predicted molar refractivity (Wildman–Crippen MR) is 88.4 cm³/mol. The number of hydrogen-bond donors (Lipinski definition) is 2. The molecule has 2 rings (SSSR count). The van der Waals surface area contributed by atoms with Gasteiger partial charge in [0.25, 0.3) is 0 Å². The van der Waals surface area contributed by atoms with Gasteiger partial charge in [-0.3, -0.25) is 4.99 Å². The number of aliphatic imine (C=N–C) groups is 1. The summed E-state index contributed by atoms with van der Waals surface area (Å²) in [6.45, 7) is 8.50. The Bertz CT molecular complexity index is 588. The van der Waals surface area contributed by atoms with Crippen LogP contribution >= 0.6 is 0 Å². The maximum Gasteiger partial charge on any atom is 0.231 e. The van der Waals surface area contributed by atoms with Gasteiger partial charge >= 0.3 is 0 Å². The molecule has 0 atom stereocenters. The lowest BCUT2D eigenvalue weighted by Crippen LogP contribution is -2.38. The van der Waals surface area contributed by atoms with Crippen molar-refractivity contribution in [3.05, 3.63) is 23.8 Å². The second kappa shape index (κ2) is 7.08. The Hall–Kier alpha value is -2.35. The molecule has 0 aliphatic carbocycles. The topological polar surface area (TPSA) is 54.9 Å². The number of benzene rings is 1. The molecule has 2 N–H and O–H groups in total. The highest BCUT2D eigenvalue weighted by molar-refractivity contribution is 5.80. The van der Waals surface area contributed by atoms with E-state index in [0.29, 0.717) is 13.1 Å². The maximum atomic E-state index is 5.45. The van der Waals surface area contributed by atoms with E-state index in [1.165, 1.54) is 0 Å². The van der Waals surface area contributed by atoms with E-state index in [1.54, 1.807) is 0 Å². The third-order valence-electron chi connectivity index (χ3n) is 3.49. The molecule has 5 nitrogen and oxygen atoms in total. The van der Waals surface area contributed by atoms with Crippen LogP contribution in [-0.2, 0) is 5.41 Å². The molecule has 1 aromatic rings. The molecule has 0 bridgehead atoms. The van der Waals surface area contributed by atoms with E-state index in [-0.39, 0.29) is 12.2 Å². The highest BCUT2D eigenvalue weighted by Gasteiger charge is 2.24.